The van der Waals surface area contributed by atoms with Gasteiger partial charge in [-0.15, -0.1) is 0 Å². The maximum Gasteiger partial charge on any atom is 0.101 e. The number of aliphatic hydroxyl groups is 1. The van der Waals surface area contributed by atoms with Crippen LogP contribution in [0.15, 0.2) is 29.8 Å². The highest BCUT2D eigenvalue weighted by Gasteiger charge is 2.18. The van der Waals surface area contributed by atoms with Crippen molar-refractivity contribution in [1.29, 1.82) is 0 Å². The fourth-order valence-corrected chi connectivity index (χ4v) is 2.34. The summed E-state index contributed by atoms with van der Waals surface area (Å²) in [6.45, 7) is 2.00. The molecule has 2 rings (SSSR count). The molecule has 1 atom stereocenters. The van der Waals surface area contributed by atoms with E-state index in [1.807, 2.05) is 25.1 Å². The Hall–Kier alpha value is -0.790. The first-order valence-corrected chi connectivity index (χ1v) is 5.69. The average Bonchev–Trinajstić information content (AvgIpc) is 2.69. The van der Waals surface area contributed by atoms with Crippen molar-refractivity contribution in [2.75, 3.05) is 0 Å². The molecule has 0 saturated heterocycles. The minimum atomic E-state index is -0.513. The minimum absolute atomic E-state index is 0.513. The van der Waals surface area contributed by atoms with Crippen LogP contribution < -0.4 is 0 Å². The molecule has 1 aromatic carbocycles. The SMILES string of the molecule is Cc1ccc(C(O)C2=CCCC2)c(Cl)c1. The van der Waals surface area contributed by atoms with E-state index in [0.29, 0.717) is 5.02 Å². The van der Waals surface area contributed by atoms with Gasteiger partial charge in [-0.2, -0.15) is 0 Å². The summed E-state index contributed by atoms with van der Waals surface area (Å²) in [7, 11) is 0. The van der Waals surface area contributed by atoms with E-state index >= 15 is 0 Å². The van der Waals surface area contributed by atoms with Gasteiger partial charge in [0.25, 0.3) is 0 Å². The van der Waals surface area contributed by atoms with Crippen LogP contribution in [0.1, 0.15) is 36.5 Å². The van der Waals surface area contributed by atoms with E-state index in [1.165, 1.54) is 0 Å². The van der Waals surface area contributed by atoms with Gasteiger partial charge in [-0.05, 0) is 43.4 Å². The summed E-state index contributed by atoms with van der Waals surface area (Å²) in [5.74, 6) is 0. The summed E-state index contributed by atoms with van der Waals surface area (Å²) in [5.41, 5.74) is 3.06. The summed E-state index contributed by atoms with van der Waals surface area (Å²) >= 11 is 6.12. The molecule has 0 heterocycles. The highest BCUT2D eigenvalue weighted by molar-refractivity contribution is 6.31. The predicted molar refractivity (Wildman–Crippen MR) is 63.1 cm³/mol. The number of aryl methyl sites for hydroxylation is 1. The molecule has 0 aromatic heterocycles. The molecule has 1 aromatic rings. The number of aliphatic hydroxyl groups excluding tert-OH is 1. The van der Waals surface area contributed by atoms with Crippen molar-refractivity contribution in [3.63, 3.8) is 0 Å². The van der Waals surface area contributed by atoms with Crippen molar-refractivity contribution >= 4 is 11.6 Å². The van der Waals surface area contributed by atoms with Gasteiger partial charge in [0.2, 0.25) is 0 Å². The number of allylic oxidation sites excluding steroid dienone is 1. The lowest BCUT2D eigenvalue weighted by atomic mass is 10.00. The van der Waals surface area contributed by atoms with Crippen LogP contribution >= 0.6 is 11.6 Å². The standard InChI is InChI=1S/C13H15ClO/c1-9-6-7-11(12(14)8-9)13(15)10-4-2-3-5-10/h4,6-8,13,15H,2-3,5H2,1H3. The highest BCUT2D eigenvalue weighted by Crippen LogP contribution is 2.34. The lowest BCUT2D eigenvalue weighted by molar-refractivity contribution is 0.213. The Morgan fingerprint density at radius 2 is 2.20 bits per heavy atom. The third-order valence-corrected chi connectivity index (χ3v) is 3.21. The zero-order valence-electron chi connectivity index (χ0n) is 8.83. The van der Waals surface area contributed by atoms with Crippen molar-refractivity contribution in [1.82, 2.24) is 0 Å². The summed E-state index contributed by atoms with van der Waals surface area (Å²) in [5, 5.41) is 10.8. The molecular formula is C13H15ClO. The zero-order chi connectivity index (χ0) is 10.8. The summed E-state index contributed by atoms with van der Waals surface area (Å²) in [6.07, 6.45) is 4.83. The van der Waals surface area contributed by atoms with Gasteiger partial charge < -0.3 is 5.11 Å². The Balaban J connectivity index is 2.28. The van der Waals surface area contributed by atoms with Crippen LogP contribution in [-0.2, 0) is 0 Å². The fraction of sp³-hybridized carbons (Fsp3) is 0.385. The molecule has 0 radical (unpaired) electrons. The summed E-state index contributed by atoms with van der Waals surface area (Å²) in [4.78, 5) is 0. The van der Waals surface area contributed by atoms with Crippen molar-refractivity contribution in [2.45, 2.75) is 32.3 Å². The lowest BCUT2D eigenvalue weighted by Gasteiger charge is -2.14. The molecule has 1 N–H and O–H groups in total. The van der Waals surface area contributed by atoms with E-state index in [-0.39, 0.29) is 0 Å². The van der Waals surface area contributed by atoms with Crippen LogP contribution in [0.3, 0.4) is 0 Å². The quantitative estimate of drug-likeness (QED) is 0.755. The molecule has 1 unspecified atom stereocenters. The molecule has 0 aliphatic heterocycles. The monoisotopic (exact) mass is 222 g/mol. The van der Waals surface area contributed by atoms with Gasteiger partial charge in [0.05, 0.1) is 0 Å². The maximum absolute atomic E-state index is 10.1. The minimum Gasteiger partial charge on any atom is -0.384 e. The van der Waals surface area contributed by atoms with Crippen LogP contribution in [0, 0.1) is 6.92 Å². The molecule has 0 bridgehead atoms. The summed E-state index contributed by atoms with van der Waals surface area (Å²) < 4.78 is 0. The summed E-state index contributed by atoms with van der Waals surface area (Å²) in [6, 6.07) is 5.80. The fourth-order valence-electron chi connectivity index (χ4n) is 2.00. The third-order valence-electron chi connectivity index (χ3n) is 2.88. The Morgan fingerprint density at radius 3 is 2.80 bits per heavy atom. The zero-order valence-corrected chi connectivity index (χ0v) is 9.59. The number of rotatable bonds is 2. The van der Waals surface area contributed by atoms with Crippen molar-refractivity contribution in [2.24, 2.45) is 0 Å². The number of benzene rings is 1. The smallest absolute Gasteiger partial charge is 0.101 e. The Labute approximate surface area is 95.4 Å². The van der Waals surface area contributed by atoms with E-state index in [1.54, 1.807) is 0 Å². The molecule has 1 aliphatic rings. The molecule has 0 fully saturated rings. The van der Waals surface area contributed by atoms with Gasteiger partial charge in [-0.3, -0.25) is 0 Å². The van der Waals surface area contributed by atoms with Crippen LogP contribution in [0.2, 0.25) is 5.02 Å². The average molecular weight is 223 g/mol. The van der Waals surface area contributed by atoms with Crippen LogP contribution in [0.25, 0.3) is 0 Å². The molecule has 0 amide bonds. The van der Waals surface area contributed by atoms with Gasteiger partial charge in [0.15, 0.2) is 0 Å². The normalized spacial score (nSPS) is 17.7. The molecule has 80 valence electrons. The van der Waals surface area contributed by atoms with Crippen LogP contribution in [0.5, 0.6) is 0 Å². The molecule has 0 saturated carbocycles. The third kappa shape index (κ3) is 2.24. The predicted octanol–water partition coefficient (Wildman–Crippen LogP) is 3.79. The highest BCUT2D eigenvalue weighted by atomic mass is 35.5. The van der Waals surface area contributed by atoms with E-state index in [9.17, 15) is 5.11 Å². The topological polar surface area (TPSA) is 20.2 Å². The molecule has 0 spiro atoms. The second-order valence-electron chi connectivity index (χ2n) is 4.10. The van der Waals surface area contributed by atoms with E-state index in [0.717, 1.165) is 36.0 Å². The van der Waals surface area contributed by atoms with Gasteiger partial charge >= 0.3 is 0 Å². The first-order valence-electron chi connectivity index (χ1n) is 5.31. The first-order chi connectivity index (χ1) is 7.18. The number of halogens is 1. The Bertz CT molecular complexity index is 396. The lowest BCUT2D eigenvalue weighted by Crippen LogP contribution is -2.00. The number of hydrogen-bond donors (Lipinski definition) is 1. The molecule has 15 heavy (non-hydrogen) atoms. The molecular weight excluding hydrogens is 208 g/mol. The van der Waals surface area contributed by atoms with Gasteiger partial charge in [0.1, 0.15) is 6.10 Å². The van der Waals surface area contributed by atoms with E-state index < -0.39 is 6.10 Å². The second kappa shape index (κ2) is 4.38. The van der Waals surface area contributed by atoms with Crippen LogP contribution in [-0.4, -0.2) is 5.11 Å². The van der Waals surface area contributed by atoms with E-state index in [2.05, 4.69) is 6.08 Å². The maximum atomic E-state index is 10.1. The van der Waals surface area contributed by atoms with Crippen molar-refractivity contribution < 1.29 is 5.11 Å². The van der Waals surface area contributed by atoms with E-state index in [4.69, 9.17) is 11.6 Å². The van der Waals surface area contributed by atoms with Gasteiger partial charge in [-0.25, -0.2) is 0 Å². The molecule has 1 nitrogen and oxygen atoms in total. The number of hydrogen-bond acceptors (Lipinski definition) is 1. The Morgan fingerprint density at radius 1 is 1.40 bits per heavy atom. The van der Waals surface area contributed by atoms with Gasteiger partial charge in [-0.1, -0.05) is 29.8 Å². The molecule has 2 heteroatoms. The Kier molecular flexibility index (Phi) is 3.13. The van der Waals surface area contributed by atoms with Crippen molar-refractivity contribution in [3.05, 3.63) is 46.0 Å². The largest absolute Gasteiger partial charge is 0.384 e. The van der Waals surface area contributed by atoms with Crippen LogP contribution in [0.4, 0.5) is 0 Å². The van der Waals surface area contributed by atoms with Gasteiger partial charge in [0, 0.05) is 10.6 Å². The van der Waals surface area contributed by atoms with Crippen molar-refractivity contribution in [3.8, 4) is 0 Å². The molecule has 1 aliphatic carbocycles. The second-order valence-corrected chi connectivity index (χ2v) is 4.51. The first kappa shape index (κ1) is 10.7.